The van der Waals surface area contributed by atoms with Crippen LogP contribution in [0.4, 0.5) is 0 Å². The first kappa shape index (κ1) is 23.7. The molecule has 5 nitrogen and oxygen atoms in total. The average Bonchev–Trinajstić information content (AvgIpc) is 3.35. The van der Waals surface area contributed by atoms with Crippen LogP contribution in [0.5, 0.6) is 0 Å². The molecule has 32 heavy (non-hydrogen) atoms. The summed E-state index contributed by atoms with van der Waals surface area (Å²) in [5.41, 5.74) is 2.05. The molecule has 0 spiro atoms. The van der Waals surface area contributed by atoms with E-state index in [1.54, 1.807) is 17.1 Å². The Morgan fingerprint density at radius 1 is 1.16 bits per heavy atom. The summed E-state index contributed by atoms with van der Waals surface area (Å²) in [7, 11) is 0. The van der Waals surface area contributed by atoms with Gasteiger partial charge in [-0.3, -0.25) is 0 Å². The predicted molar refractivity (Wildman–Crippen MR) is 129 cm³/mol. The van der Waals surface area contributed by atoms with Crippen LogP contribution in [0.2, 0.25) is 0 Å². The maximum Gasteiger partial charge on any atom is 0.334 e. The van der Waals surface area contributed by atoms with Gasteiger partial charge >= 0.3 is 5.97 Å². The first-order valence-electron chi connectivity index (χ1n) is 11.8. The lowest BCUT2D eigenvalue weighted by molar-refractivity contribution is -0.140. The van der Waals surface area contributed by atoms with Crippen LogP contribution in [-0.2, 0) is 16.1 Å². The summed E-state index contributed by atoms with van der Waals surface area (Å²) < 4.78 is 7.36. The number of hydrogen-bond acceptors (Lipinski definition) is 4. The number of unbranched alkanes of at least 4 members (excludes halogenated alkanes) is 3. The van der Waals surface area contributed by atoms with Crippen molar-refractivity contribution in [2.45, 2.75) is 57.9 Å². The highest BCUT2D eigenvalue weighted by molar-refractivity contribution is 5.89. The lowest BCUT2D eigenvalue weighted by Gasteiger charge is -2.31. The van der Waals surface area contributed by atoms with Crippen LogP contribution in [-0.4, -0.2) is 27.6 Å². The molecule has 1 heterocycles. The number of hydrogen-bond donors (Lipinski definition) is 0. The van der Waals surface area contributed by atoms with Gasteiger partial charge in [0.25, 0.3) is 0 Å². The van der Waals surface area contributed by atoms with Crippen LogP contribution in [0.3, 0.4) is 0 Å². The Kier molecular flexibility index (Phi) is 9.97. The third-order valence-electron chi connectivity index (χ3n) is 6.04. The zero-order chi connectivity index (χ0) is 22.4. The number of esters is 1. The molecule has 0 bridgehead atoms. The Bertz CT molecular complexity index is 872. The van der Waals surface area contributed by atoms with Gasteiger partial charge in [0.1, 0.15) is 6.61 Å². The molecule has 1 aromatic heterocycles. The van der Waals surface area contributed by atoms with Crippen molar-refractivity contribution in [1.82, 2.24) is 15.0 Å². The predicted octanol–water partition coefficient (Wildman–Crippen LogP) is 6.01. The molecule has 0 N–H and O–H groups in total. The zero-order valence-corrected chi connectivity index (χ0v) is 18.9. The number of rotatable bonds is 12. The smallest absolute Gasteiger partial charge is 0.334 e. The number of carbonyl (C=O) groups excluding carboxylic acids is 1. The topological polar surface area (TPSA) is 57.0 Å². The van der Waals surface area contributed by atoms with Crippen molar-refractivity contribution in [3.63, 3.8) is 0 Å². The van der Waals surface area contributed by atoms with E-state index in [-0.39, 0.29) is 11.9 Å². The number of nitrogens with zero attached hydrogens (tertiary/aromatic N) is 3. The van der Waals surface area contributed by atoms with Crippen LogP contribution in [0.15, 0.2) is 73.1 Å². The lowest BCUT2D eigenvalue weighted by atomic mass is 9.74. The summed E-state index contributed by atoms with van der Waals surface area (Å²) >= 11 is 0. The van der Waals surface area contributed by atoms with E-state index in [0.29, 0.717) is 19.1 Å². The summed E-state index contributed by atoms with van der Waals surface area (Å²) in [6, 6.07) is 10.4. The van der Waals surface area contributed by atoms with Gasteiger partial charge in [-0.1, -0.05) is 72.7 Å². The van der Waals surface area contributed by atoms with Gasteiger partial charge in [-0.15, -0.1) is 11.7 Å². The Hall–Kier alpha value is -2.95. The van der Waals surface area contributed by atoms with Crippen molar-refractivity contribution >= 4 is 12.0 Å². The number of allylic oxidation sites excluding steroid dienone is 3. The number of benzene rings is 1. The van der Waals surface area contributed by atoms with Crippen LogP contribution in [0.25, 0.3) is 6.08 Å². The van der Waals surface area contributed by atoms with E-state index in [1.165, 1.54) is 12.0 Å². The van der Waals surface area contributed by atoms with Crippen LogP contribution < -0.4 is 0 Å². The fourth-order valence-corrected chi connectivity index (χ4v) is 4.32. The Balaban J connectivity index is 1.69. The first-order valence-corrected chi connectivity index (χ1v) is 11.8. The normalized spacial score (nSPS) is 19.2. The van der Waals surface area contributed by atoms with Gasteiger partial charge in [0.2, 0.25) is 0 Å². The van der Waals surface area contributed by atoms with Crippen LogP contribution >= 0.6 is 0 Å². The Labute approximate surface area is 191 Å². The highest BCUT2D eigenvalue weighted by atomic mass is 16.5. The summed E-state index contributed by atoms with van der Waals surface area (Å²) in [4.78, 5) is 13.1. The van der Waals surface area contributed by atoms with Gasteiger partial charge in [-0.05, 0) is 55.9 Å². The van der Waals surface area contributed by atoms with Gasteiger partial charge in [0.15, 0.2) is 0 Å². The maximum absolute atomic E-state index is 13.1. The zero-order valence-electron chi connectivity index (χ0n) is 18.9. The molecule has 0 amide bonds. The fourth-order valence-electron chi connectivity index (χ4n) is 4.32. The number of carbonyl (C=O) groups is 1. The van der Waals surface area contributed by atoms with E-state index >= 15 is 0 Å². The standard InChI is InChI=1S/C27H35N3O2/c1-2-3-4-5-9-16-26(27(31)32-22-21-30-20-19-28-29-30)25-15-11-10-14-24(25)18-17-23-12-7-6-8-13-23/h2,6-8,12-13,16-20,24-25H,1,3-5,9-11,14-15,21-22H2/b18-17?,26-16+. The summed E-state index contributed by atoms with van der Waals surface area (Å²) in [6.45, 7) is 4.61. The second kappa shape index (κ2) is 13.5. The summed E-state index contributed by atoms with van der Waals surface area (Å²) in [5.74, 6) is 0.382. The van der Waals surface area contributed by atoms with E-state index in [4.69, 9.17) is 4.74 Å². The molecule has 1 aromatic carbocycles. The molecule has 0 radical (unpaired) electrons. The molecular formula is C27H35N3O2. The number of ether oxygens (including phenoxy) is 1. The first-order chi connectivity index (χ1) is 15.8. The molecule has 1 saturated carbocycles. The molecule has 5 heteroatoms. The number of aromatic nitrogens is 3. The minimum atomic E-state index is -0.182. The van der Waals surface area contributed by atoms with Crippen molar-refractivity contribution in [3.05, 3.63) is 78.7 Å². The van der Waals surface area contributed by atoms with Crippen molar-refractivity contribution in [3.8, 4) is 0 Å². The van der Waals surface area contributed by atoms with Crippen molar-refractivity contribution in [2.75, 3.05) is 6.61 Å². The van der Waals surface area contributed by atoms with Crippen molar-refractivity contribution in [2.24, 2.45) is 11.8 Å². The minimum absolute atomic E-state index is 0.182. The third kappa shape index (κ3) is 7.63. The lowest BCUT2D eigenvalue weighted by Crippen LogP contribution is -2.26. The summed E-state index contributed by atoms with van der Waals surface area (Å²) in [5, 5.41) is 7.73. The van der Waals surface area contributed by atoms with Gasteiger partial charge in [-0.25, -0.2) is 9.48 Å². The summed E-state index contributed by atoms with van der Waals surface area (Å²) in [6.07, 6.45) is 20.5. The minimum Gasteiger partial charge on any atom is -0.460 e. The molecule has 1 aliphatic carbocycles. The largest absolute Gasteiger partial charge is 0.460 e. The van der Waals surface area contributed by atoms with E-state index in [2.05, 4.69) is 59.4 Å². The second-order valence-electron chi connectivity index (χ2n) is 8.36. The Morgan fingerprint density at radius 2 is 1.97 bits per heavy atom. The average molecular weight is 434 g/mol. The quantitative estimate of drug-likeness (QED) is 0.178. The molecule has 2 aromatic rings. The molecule has 0 aliphatic heterocycles. The molecule has 1 aliphatic rings. The van der Waals surface area contributed by atoms with Crippen molar-refractivity contribution in [1.29, 1.82) is 0 Å². The van der Waals surface area contributed by atoms with Gasteiger partial charge in [0.05, 0.1) is 12.7 Å². The highest BCUT2D eigenvalue weighted by Crippen LogP contribution is 2.37. The maximum atomic E-state index is 13.1. The van der Waals surface area contributed by atoms with Crippen molar-refractivity contribution < 1.29 is 9.53 Å². The second-order valence-corrected chi connectivity index (χ2v) is 8.36. The highest BCUT2D eigenvalue weighted by Gasteiger charge is 2.30. The molecule has 2 unspecified atom stereocenters. The van der Waals surface area contributed by atoms with Gasteiger partial charge < -0.3 is 4.74 Å². The van der Waals surface area contributed by atoms with Crippen LogP contribution in [0.1, 0.15) is 56.9 Å². The molecule has 0 saturated heterocycles. The molecule has 3 rings (SSSR count). The fraction of sp³-hybridized carbons (Fsp3) is 0.444. The molecular weight excluding hydrogens is 398 g/mol. The van der Waals surface area contributed by atoms with E-state index < -0.39 is 0 Å². The monoisotopic (exact) mass is 433 g/mol. The van der Waals surface area contributed by atoms with E-state index in [1.807, 2.05) is 12.1 Å². The molecule has 2 atom stereocenters. The van der Waals surface area contributed by atoms with Crippen LogP contribution in [0, 0.1) is 11.8 Å². The van der Waals surface area contributed by atoms with Gasteiger partial charge in [-0.2, -0.15) is 0 Å². The molecule has 1 fully saturated rings. The third-order valence-corrected chi connectivity index (χ3v) is 6.04. The Morgan fingerprint density at radius 3 is 2.75 bits per heavy atom. The van der Waals surface area contributed by atoms with E-state index in [9.17, 15) is 4.79 Å². The molecule has 170 valence electrons. The van der Waals surface area contributed by atoms with Gasteiger partial charge in [0, 0.05) is 11.8 Å². The van der Waals surface area contributed by atoms with E-state index in [0.717, 1.165) is 50.5 Å². The SMILES string of the molecule is C=CCCCC/C=C(/C(=O)OCCn1ccnn1)C1CCCCC1C=Cc1ccccc1.